The van der Waals surface area contributed by atoms with Crippen molar-refractivity contribution in [1.29, 1.82) is 0 Å². The zero-order valence-corrected chi connectivity index (χ0v) is 19.3. The molecule has 160 valence electrons. The molecule has 1 aliphatic carbocycles. The van der Waals surface area contributed by atoms with Gasteiger partial charge in [-0.05, 0) is 31.0 Å². The number of fused-ring (bicyclic) bond motifs is 1. The van der Waals surface area contributed by atoms with E-state index in [1.165, 1.54) is 6.92 Å². The molecule has 11 heteroatoms. The van der Waals surface area contributed by atoms with Gasteiger partial charge in [0.25, 0.3) is 5.37 Å². The van der Waals surface area contributed by atoms with Gasteiger partial charge in [0.05, 0.1) is 21.8 Å². The number of rotatable bonds is 2. The summed E-state index contributed by atoms with van der Waals surface area (Å²) >= 11 is 1.06. The summed E-state index contributed by atoms with van der Waals surface area (Å²) in [5.41, 5.74) is -0.249. The molecule has 0 saturated heterocycles. The molecule has 2 unspecified atom stereocenters. The van der Waals surface area contributed by atoms with Gasteiger partial charge in [0, 0.05) is 11.4 Å². The van der Waals surface area contributed by atoms with Crippen molar-refractivity contribution in [2.45, 2.75) is 49.7 Å². The Morgan fingerprint density at radius 2 is 2.00 bits per heavy atom. The molecule has 2 heterocycles. The molecule has 30 heavy (non-hydrogen) atoms. The molecular weight excluding hydrogens is 496 g/mol. The predicted octanol–water partition coefficient (Wildman–Crippen LogP) is 3.18. The Bertz CT molecular complexity index is 1200. The van der Waals surface area contributed by atoms with E-state index in [0.29, 0.717) is 22.9 Å². The number of nitrogens with zero attached hydrogens (tertiary/aromatic N) is 2. The third-order valence-electron chi connectivity index (χ3n) is 5.37. The number of hydrogen-bond acceptors (Lipinski definition) is 7. The topological polar surface area (TPSA) is 120 Å². The van der Waals surface area contributed by atoms with E-state index in [1.807, 2.05) is 0 Å². The minimum absolute atomic E-state index is 0.0771. The number of benzene rings is 1. The van der Waals surface area contributed by atoms with Crippen LogP contribution in [0.3, 0.4) is 0 Å². The summed E-state index contributed by atoms with van der Waals surface area (Å²) in [4.78, 5) is 25.3. The number of hydrazone groups is 1. The van der Waals surface area contributed by atoms with Crippen LogP contribution in [-0.2, 0) is 25.8 Å². The summed E-state index contributed by atoms with van der Waals surface area (Å²) in [7, 11) is -3.96. The average molecular weight is 515 g/mol. The fourth-order valence-corrected chi connectivity index (χ4v) is 8.36. The van der Waals surface area contributed by atoms with E-state index in [4.69, 9.17) is 4.42 Å². The Balaban J connectivity index is 1.80. The van der Waals surface area contributed by atoms with Crippen molar-refractivity contribution in [1.82, 2.24) is 5.01 Å². The Kier molecular flexibility index (Phi) is 5.82. The number of halogens is 1. The van der Waals surface area contributed by atoms with Gasteiger partial charge in [-0.1, -0.05) is 35.2 Å². The number of hydrogen-bond donors (Lipinski definition) is 0. The quantitative estimate of drug-likeness (QED) is 0.567. The van der Waals surface area contributed by atoms with Gasteiger partial charge in [0.15, 0.2) is 0 Å². The standard InChI is InChI=1S/C19H19BrN2O6S2/c1-11(23)22-18(15-10-28-16-8-7-12(20)9-14(16)17(15)24)29(25)19(21-22)30(26,27)13-5-3-2-4-6-13/h7-10,13,18H,2-6H2,1H3. The van der Waals surface area contributed by atoms with Crippen LogP contribution in [0.1, 0.15) is 50.0 Å². The molecule has 1 saturated carbocycles. The molecule has 2 aromatic rings. The molecule has 2 atom stereocenters. The molecule has 0 bridgehead atoms. The molecule has 1 fully saturated rings. The highest BCUT2D eigenvalue weighted by atomic mass is 79.9. The van der Waals surface area contributed by atoms with Crippen LogP contribution in [0.15, 0.2) is 43.2 Å². The van der Waals surface area contributed by atoms with Crippen molar-refractivity contribution in [2.24, 2.45) is 5.10 Å². The highest BCUT2D eigenvalue weighted by Gasteiger charge is 2.53. The van der Waals surface area contributed by atoms with Crippen molar-refractivity contribution in [3.63, 3.8) is 0 Å². The van der Waals surface area contributed by atoms with E-state index in [2.05, 4.69) is 21.0 Å². The Labute approximate surface area is 184 Å². The van der Waals surface area contributed by atoms with Crippen LogP contribution in [0.5, 0.6) is 0 Å². The van der Waals surface area contributed by atoms with Crippen LogP contribution < -0.4 is 5.43 Å². The summed E-state index contributed by atoms with van der Waals surface area (Å²) in [6.07, 6.45) is 4.56. The summed E-state index contributed by atoms with van der Waals surface area (Å²) in [6, 6.07) is 4.87. The SMILES string of the molecule is CC(=O)N1N=C(S(=O)(=O)C2CCCCC2)[S+]([O-])C1c1coc2ccc(Br)cc2c1=O. The van der Waals surface area contributed by atoms with Crippen molar-refractivity contribution >= 4 is 58.2 Å². The second-order valence-corrected chi connectivity index (χ2v) is 12.1. The smallest absolute Gasteiger partial charge is 0.356 e. The fraction of sp³-hybridized carbons (Fsp3) is 0.421. The summed E-state index contributed by atoms with van der Waals surface area (Å²) in [5.74, 6) is -0.615. The van der Waals surface area contributed by atoms with E-state index in [-0.39, 0.29) is 10.9 Å². The number of sulfone groups is 1. The van der Waals surface area contributed by atoms with Gasteiger partial charge in [-0.3, -0.25) is 9.59 Å². The molecule has 1 amide bonds. The molecule has 0 radical (unpaired) electrons. The molecule has 2 aliphatic rings. The molecule has 8 nitrogen and oxygen atoms in total. The lowest BCUT2D eigenvalue weighted by atomic mass is 10.0. The van der Waals surface area contributed by atoms with Gasteiger partial charge in [-0.2, -0.15) is 5.01 Å². The highest BCUT2D eigenvalue weighted by Crippen LogP contribution is 2.37. The van der Waals surface area contributed by atoms with Gasteiger partial charge in [0.1, 0.15) is 17.4 Å². The molecule has 1 aromatic heterocycles. The molecule has 1 aliphatic heterocycles. The van der Waals surface area contributed by atoms with Crippen molar-refractivity contribution in [3.8, 4) is 0 Å². The lowest BCUT2D eigenvalue weighted by Gasteiger charge is -2.22. The maximum Gasteiger partial charge on any atom is 0.356 e. The molecular formula is C19H19BrN2O6S2. The van der Waals surface area contributed by atoms with E-state index in [0.717, 1.165) is 30.5 Å². The summed E-state index contributed by atoms with van der Waals surface area (Å²) in [5, 5.41) is 2.96. The second kappa shape index (κ2) is 8.10. The molecule has 0 spiro atoms. The van der Waals surface area contributed by atoms with E-state index >= 15 is 0 Å². The first-order valence-electron chi connectivity index (χ1n) is 9.45. The van der Waals surface area contributed by atoms with Crippen LogP contribution in [0.2, 0.25) is 0 Å². The van der Waals surface area contributed by atoms with E-state index < -0.39 is 47.3 Å². The normalized spacial score (nSPS) is 23.0. The summed E-state index contributed by atoms with van der Waals surface area (Å²) < 4.78 is 45.1. The maximum atomic E-state index is 13.3. The van der Waals surface area contributed by atoms with Crippen molar-refractivity contribution in [2.75, 3.05) is 0 Å². The monoisotopic (exact) mass is 514 g/mol. The lowest BCUT2D eigenvalue weighted by Crippen LogP contribution is -2.36. The first-order valence-corrected chi connectivity index (χ1v) is 13.0. The number of carbonyl (C=O) groups is 1. The Hall–Kier alpha value is -1.69. The average Bonchev–Trinajstić information content (AvgIpc) is 3.07. The van der Waals surface area contributed by atoms with Crippen LogP contribution in [0.25, 0.3) is 11.0 Å². The number of amides is 1. The fourth-order valence-electron chi connectivity index (χ4n) is 3.83. The van der Waals surface area contributed by atoms with Crippen LogP contribution >= 0.6 is 15.9 Å². The van der Waals surface area contributed by atoms with Gasteiger partial charge in [-0.25, -0.2) is 8.42 Å². The predicted molar refractivity (Wildman–Crippen MR) is 117 cm³/mol. The second-order valence-electron chi connectivity index (χ2n) is 7.34. The largest absolute Gasteiger partial charge is 0.608 e. The zero-order chi connectivity index (χ0) is 21.6. The van der Waals surface area contributed by atoms with Gasteiger partial charge in [0.2, 0.25) is 21.2 Å². The first-order chi connectivity index (χ1) is 14.2. The van der Waals surface area contributed by atoms with Crippen molar-refractivity contribution < 1.29 is 22.2 Å². The minimum atomic E-state index is -3.96. The van der Waals surface area contributed by atoms with E-state index in [9.17, 15) is 22.6 Å². The lowest BCUT2D eigenvalue weighted by molar-refractivity contribution is -0.129. The van der Waals surface area contributed by atoms with Crippen molar-refractivity contribution in [3.05, 3.63) is 44.7 Å². The van der Waals surface area contributed by atoms with Crippen LogP contribution in [-0.4, -0.2) is 33.5 Å². The molecule has 1 aromatic carbocycles. The maximum absolute atomic E-state index is 13.3. The minimum Gasteiger partial charge on any atom is -0.608 e. The third kappa shape index (κ3) is 3.61. The zero-order valence-electron chi connectivity index (χ0n) is 16.0. The number of carbonyl (C=O) groups excluding carboxylic acids is 1. The highest BCUT2D eigenvalue weighted by molar-refractivity contribution is 9.10. The molecule has 0 N–H and O–H groups in total. The van der Waals surface area contributed by atoms with E-state index in [1.54, 1.807) is 18.2 Å². The van der Waals surface area contributed by atoms with Gasteiger partial charge < -0.3 is 8.97 Å². The van der Waals surface area contributed by atoms with Crippen LogP contribution in [0, 0.1) is 0 Å². The first kappa shape index (κ1) is 21.5. The summed E-state index contributed by atoms with van der Waals surface area (Å²) in [6.45, 7) is 1.18. The molecule has 4 rings (SSSR count). The Morgan fingerprint density at radius 3 is 2.67 bits per heavy atom. The van der Waals surface area contributed by atoms with Crippen LogP contribution in [0.4, 0.5) is 0 Å². The Morgan fingerprint density at radius 1 is 1.30 bits per heavy atom. The van der Waals surface area contributed by atoms with Gasteiger partial charge in [-0.15, -0.1) is 5.10 Å². The van der Waals surface area contributed by atoms with Gasteiger partial charge >= 0.3 is 4.38 Å². The third-order valence-corrected chi connectivity index (χ3v) is 10.3.